The highest BCUT2D eigenvalue weighted by atomic mass is 32.2. The van der Waals surface area contributed by atoms with E-state index in [1.54, 1.807) is 25.0 Å². The lowest BCUT2D eigenvalue weighted by Crippen LogP contribution is -2.23. The van der Waals surface area contributed by atoms with Crippen LogP contribution in [0.3, 0.4) is 0 Å². The summed E-state index contributed by atoms with van der Waals surface area (Å²) in [4.78, 5) is 45.1. The molecule has 4 N–H and O–H groups in total. The maximum Gasteiger partial charge on any atom is 0.255 e. The Morgan fingerprint density at radius 3 is 2.26 bits per heavy atom. The molecule has 5 rings (SSSR count). The van der Waals surface area contributed by atoms with Gasteiger partial charge in [-0.1, -0.05) is 23.5 Å². The highest BCUT2D eigenvalue weighted by Gasteiger charge is 2.13. The number of imidazole rings is 2. The van der Waals surface area contributed by atoms with Crippen LogP contribution < -0.4 is 10.8 Å². The lowest BCUT2D eigenvalue weighted by Gasteiger charge is -2.13. The van der Waals surface area contributed by atoms with Crippen LogP contribution in [0.1, 0.15) is 41.3 Å². The third kappa shape index (κ3) is 8.27. The summed E-state index contributed by atoms with van der Waals surface area (Å²) >= 11 is 2.98. The second-order valence-electron chi connectivity index (χ2n) is 8.75. The van der Waals surface area contributed by atoms with Crippen molar-refractivity contribution in [3.05, 3.63) is 70.7 Å². The zero-order chi connectivity index (χ0) is 31.4. The van der Waals surface area contributed by atoms with Crippen molar-refractivity contribution in [3.63, 3.8) is 0 Å². The number of aldehydes is 1. The van der Waals surface area contributed by atoms with Crippen LogP contribution >= 0.6 is 23.5 Å². The van der Waals surface area contributed by atoms with Gasteiger partial charge in [-0.05, 0) is 46.3 Å². The standard InChI is InChI=1S/C14H16N6S.C9H13N3OS.C5H5N3/c1-4-20-12(15)10(11-6-16-7-17-11)5-9-8(2)18-14(21-3)19-13(9)20;1-4-10-8-7(5-13)6(2)11-9(12-8)14-3;1-6-2-5-3-7-4-8-5/h5-7,15H,4H2,1-3H3,(H,16,17);5H,4H2,1-3H3,(H,10,11,12);3-4H,2H2,(H,7,8). The Morgan fingerprint density at radius 2 is 1.70 bits per heavy atom. The Bertz CT molecular complexity index is 1740. The van der Waals surface area contributed by atoms with Gasteiger partial charge in [-0.25, -0.2) is 36.5 Å². The Hall–Kier alpha value is -4.55. The van der Waals surface area contributed by atoms with Gasteiger partial charge in [0.2, 0.25) is 0 Å². The minimum Gasteiger partial charge on any atom is -0.370 e. The summed E-state index contributed by atoms with van der Waals surface area (Å²) < 4.78 is 1.90. The molecule has 0 fully saturated rings. The molecule has 13 nitrogen and oxygen atoms in total. The molecule has 0 aliphatic rings. The van der Waals surface area contributed by atoms with E-state index < -0.39 is 0 Å². The van der Waals surface area contributed by atoms with E-state index in [4.69, 9.17) is 12.0 Å². The molecule has 5 aromatic heterocycles. The number of carbonyl (C=O) groups is 1. The zero-order valence-electron chi connectivity index (χ0n) is 24.9. The summed E-state index contributed by atoms with van der Waals surface area (Å²) in [5.41, 5.74) is 5.94. The highest BCUT2D eigenvalue weighted by molar-refractivity contribution is 7.98. The van der Waals surface area contributed by atoms with Crippen LogP contribution in [0.5, 0.6) is 0 Å². The van der Waals surface area contributed by atoms with E-state index in [-0.39, 0.29) is 0 Å². The molecule has 0 aliphatic carbocycles. The van der Waals surface area contributed by atoms with Gasteiger partial charge in [0, 0.05) is 24.0 Å². The summed E-state index contributed by atoms with van der Waals surface area (Å²) in [5, 5.41) is 13.9. The van der Waals surface area contributed by atoms with E-state index in [1.807, 2.05) is 50.8 Å². The van der Waals surface area contributed by atoms with Crippen molar-refractivity contribution in [1.82, 2.24) is 44.4 Å². The van der Waals surface area contributed by atoms with Crippen LogP contribution in [0.4, 0.5) is 5.82 Å². The lowest BCUT2D eigenvalue weighted by molar-refractivity contribution is 0.112. The van der Waals surface area contributed by atoms with Crippen LogP contribution in [-0.4, -0.2) is 69.8 Å². The number of anilines is 1. The van der Waals surface area contributed by atoms with E-state index >= 15 is 0 Å². The molecule has 0 bridgehead atoms. The zero-order valence-corrected chi connectivity index (χ0v) is 26.5. The number of nitrogens with zero attached hydrogens (tertiary/aromatic N) is 8. The van der Waals surface area contributed by atoms with Crippen molar-refractivity contribution in [1.29, 1.82) is 5.41 Å². The van der Waals surface area contributed by atoms with Crippen LogP contribution in [-0.2, 0) is 13.1 Å². The fraction of sp³-hybridized carbons (Fsp3) is 0.321. The largest absolute Gasteiger partial charge is 0.370 e. The average Bonchev–Trinajstić information content (AvgIpc) is 3.73. The Labute approximate surface area is 258 Å². The third-order valence-corrected chi connectivity index (χ3v) is 7.11. The van der Waals surface area contributed by atoms with E-state index in [0.29, 0.717) is 35.1 Å². The number of thioether (sulfide) groups is 2. The molecule has 5 aromatic rings. The van der Waals surface area contributed by atoms with Crippen molar-refractivity contribution in [2.24, 2.45) is 0 Å². The number of fused-ring (bicyclic) bond motifs is 1. The summed E-state index contributed by atoms with van der Waals surface area (Å²) in [5.74, 6) is 0.624. The summed E-state index contributed by atoms with van der Waals surface area (Å²) in [7, 11) is 0. The van der Waals surface area contributed by atoms with E-state index in [0.717, 1.165) is 57.4 Å². The molecule has 0 unspecified atom stereocenters. The topological polar surface area (TPSA) is 171 Å². The molecular weight excluding hydrogens is 585 g/mol. The Morgan fingerprint density at radius 1 is 1.02 bits per heavy atom. The first-order chi connectivity index (χ1) is 20.8. The molecule has 0 radical (unpaired) electrons. The molecule has 0 saturated carbocycles. The van der Waals surface area contributed by atoms with Gasteiger partial charge in [0.1, 0.15) is 22.6 Å². The normalized spacial score (nSPS) is 10.3. The predicted molar refractivity (Wildman–Crippen MR) is 170 cm³/mol. The maximum atomic E-state index is 10.8. The van der Waals surface area contributed by atoms with Crippen LogP contribution in [0, 0.1) is 25.8 Å². The van der Waals surface area contributed by atoms with Crippen molar-refractivity contribution in [2.75, 3.05) is 24.4 Å². The van der Waals surface area contributed by atoms with Crippen LogP contribution in [0.2, 0.25) is 0 Å². The first-order valence-corrected chi connectivity index (χ1v) is 15.7. The van der Waals surface area contributed by atoms with Gasteiger partial charge >= 0.3 is 0 Å². The number of hydrogen-bond donors (Lipinski definition) is 4. The van der Waals surface area contributed by atoms with E-state index in [2.05, 4.69) is 50.0 Å². The number of aromatic amines is 2. The SMILES string of the molecule is CCNc1nc(SC)nc(C)c1C=O.CCn1c(=N)c(-c2cnc[nH]2)cc2c(C)nc(SC)nc21.[C-]#[N+]Cc1cnc[nH]1. The molecule has 0 spiro atoms. The first-order valence-electron chi connectivity index (χ1n) is 13.2. The van der Waals surface area contributed by atoms with E-state index in [9.17, 15) is 4.79 Å². The van der Waals surface area contributed by atoms with Crippen LogP contribution in [0.25, 0.3) is 27.1 Å². The van der Waals surface area contributed by atoms with Gasteiger partial charge in [-0.15, -0.1) is 0 Å². The second kappa shape index (κ2) is 16.2. The van der Waals surface area contributed by atoms with Crippen molar-refractivity contribution in [2.45, 2.75) is 51.1 Å². The summed E-state index contributed by atoms with van der Waals surface area (Å²) in [6.45, 7) is 16.1. The number of hydrogen-bond acceptors (Lipinski definition) is 11. The maximum absolute atomic E-state index is 10.8. The predicted octanol–water partition coefficient (Wildman–Crippen LogP) is 4.93. The Kier molecular flexibility index (Phi) is 12.4. The molecule has 224 valence electrons. The third-order valence-electron chi connectivity index (χ3n) is 6.02. The molecule has 43 heavy (non-hydrogen) atoms. The fourth-order valence-electron chi connectivity index (χ4n) is 3.93. The number of pyridine rings is 1. The van der Waals surface area contributed by atoms with Gasteiger partial charge in [-0.2, -0.15) is 0 Å². The average molecular weight is 619 g/mol. The second-order valence-corrected chi connectivity index (χ2v) is 10.3. The summed E-state index contributed by atoms with van der Waals surface area (Å²) in [6, 6.07) is 1.97. The summed E-state index contributed by atoms with van der Waals surface area (Å²) in [6.07, 6.45) is 11.2. The molecule has 0 saturated heterocycles. The minimum atomic E-state index is 0.403. The number of nitrogens with one attached hydrogen (secondary N) is 4. The fourth-order valence-corrected chi connectivity index (χ4v) is 4.75. The minimum absolute atomic E-state index is 0.403. The molecule has 0 aromatic carbocycles. The number of carbonyl (C=O) groups excluding carboxylic acids is 1. The van der Waals surface area contributed by atoms with Gasteiger partial charge in [-0.3, -0.25) is 10.2 Å². The van der Waals surface area contributed by atoms with Crippen molar-refractivity contribution < 1.29 is 4.79 Å². The van der Waals surface area contributed by atoms with Gasteiger partial charge in [0.25, 0.3) is 6.54 Å². The quantitative estimate of drug-likeness (QED) is 0.0809. The molecule has 0 aliphatic heterocycles. The Balaban J connectivity index is 0.000000198. The number of aromatic nitrogens is 9. The first kappa shape index (κ1) is 33.0. The van der Waals surface area contributed by atoms with Crippen molar-refractivity contribution >= 4 is 46.7 Å². The number of aryl methyl sites for hydroxylation is 3. The molecule has 0 amide bonds. The molecular formula is C28H34N12OS2. The molecule has 5 heterocycles. The van der Waals surface area contributed by atoms with Crippen molar-refractivity contribution in [3.8, 4) is 11.3 Å². The number of rotatable bonds is 8. The number of H-pyrrole nitrogens is 2. The molecule has 0 atom stereocenters. The lowest BCUT2D eigenvalue weighted by atomic mass is 10.1. The monoisotopic (exact) mass is 618 g/mol. The van der Waals surface area contributed by atoms with Gasteiger partial charge in [0.15, 0.2) is 16.6 Å². The van der Waals surface area contributed by atoms with Crippen LogP contribution in [0.15, 0.2) is 41.4 Å². The highest BCUT2D eigenvalue weighted by Crippen LogP contribution is 2.23. The molecule has 15 heteroatoms. The van der Waals surface area contributed by atoms with E-state index in [1.165, 1.54) is 23.5 Å². The van der Waals surface area contributed by atoms with Gasteiger partial charge in [0.05, 0.1) is 47.7 Å². The smallest absolute Gasteiger partial charge is 0.255 e. The van der Waals surface area contributed by atoms with Gasteiger partial charge < -0.3 is 24.7 Å².